The van der Waals surface area contributed by atoms with Crippen LogP contribution in [0.3, 0.4) is 0 Å². The fourth-order valence-electron chi connectivity index (χ4n) is 5.14. The molecular weight excluding hydrogens is 412 g/mol. The van der Waals surface area contributed by atoms with Crippen molar-refractivity contribution in [3.63, 3.8) is 0 Å². The van der Waals surface area contributed by atoms with E-state index in [1.807, 2.05) is 0 Å². The van der Waals surface area contributed by atoms with Crippen molar-refractivity contribution >= 4 is 0 Å². The van der Waals surface area contributed by atoms with Crippen LogP contribution in [0.25, 0.3) is 0 Å². The predicted octanol–water partition coefficient (Wildman–Crippen LogP) is 7.38. The first kappa shape index (κ1) is 24.1. The van der Waals surface area contributed by atoms with E-state index in [0.29, 0.717) is 0 Å². The summed E-state index contributed by atoms with van der Waals surface area (Å²) in [6.45, 7) is 6.16. The Balaban J connectivity index is 1.52. The van der Waals surface area contributed by atoms with E-state index in [9.17, 15) is 0 Å². The van der Waals surface area contributed by atoms with Crippen molar-refractivity contribution in [2.75, 3.05) is 13.2 Å². The van der Waals surface area contributed by atoms with Crippen LogP contribution in [0, 0.1) is 0 Å². The molecule has 180 valence electrons. The quantitative estimate of drug-likeness (QED) is 0.377. The van der Waals surface area contributed by atoms with E-state index in [2.05, 4.69) is 62.4 Å². The van der Waals surface area contributed by atoms with E-state index in [1.165, 1.54) is 36.8 Å². The molecule has 2 saturated heterocycles. The van der Waals surface area contributed by atoms with Gasteiger partial charge >= 0.3 is 0 Å². The van der Waals surface area contributed by atoms with Gasteiger partial charge in [-0.3, -0.25) is 0 Å². The molecule has 4 rings (SSSR count). The summed E-state index contributed by atoms with van der Waals surface area (Å²) in [6.07, 6.45) is 10.9. The fraction of sp³-hybridized carbons (Fsp3) is 0.586. The smallest absolute Gasteiger partial charge is 0.199 e. The summed E-state index contributed by atoms with van der Waals surface area (Å²) < 4.78 is 23.7. The van der Waals surface area contributed by atoms with Gasteiger partial charge in [-0.2, -0.15) is 0 Å². The summed E-state index contributed by atoms with van der Waals surface area (Å²) >= 11 is 0. The summed E-state index contributed by atoms with van der Waals surface area (Å²) in [4.78, 5) is 0. The van der Waals surface area contributed by atoms with Crippen LogP contribution in [0.5, 0.6) is 11.5 Å². The van der Waals surface area contributed by atoms with Crippen molar-refractivity contribution in [2.24, 2.45) is 0 Å². The lowest BCUT2D eigenvalue weighted by Crippen LogP contribution is -2.28. The normalized spacial score (nSPS) is 23.0. The summed E-state index contributed by atoms with van der Waals surface area (Å²) in [7, 11) is 0. The van der Waals surface area contributed by atoms with Gasteiger partial charge in [0.2, 0.25) is 0 Å². The highest BCUT2D eigenvalue weighted by atomic mass is 16.7. The van der Waals surface area contributed by atoms with Gasteiger partial charge in [0, 0.05) is 18.3 Å². The molecule has 2 unspecified atom stereocenters. The topological polar surface area (TPSA) is 36.9 Å². The largest absolute Gasteiger partial charge is 0.465 e. The van der Waals surface area contributed by atoms with Crippen LogP contribution in [0.2, 0.25) is 0 Å². The standard InChI is InChI=1S/C29H40O4/c1-3-5-20-29(4-2,23-12-16-25(17-13-23)32-27-10-6-8-21-30-27)24-14-18-26(19-15-24)33-28-11-7-9-22-31-28/h12-19,27-28H,3-11,20-22H2,1-2H3. The Morgan fingerprint density at radius 2 is 1.21 bits per heavy atom. The maximum absolute atomic E-state index is 6.08. The molecule has 33 heavy (non-hydrogen) atoms. The van der Waals surface area contributed by atoms with Gasteiger partial charge in [-0.15, -0.1) is 0 Å². The molecule has 0 radical (unpaired) electrons. The number of hydrogen-bond donors (Lipinski definition) is 0. The second-order valence-electron chi connectivity index (χ2n) is 9.42. The number of unbranched alkanes of at least 4 members (excludes halogenated alkanes) is 1. The van der Waals surface area contributed by atoms with Crippen molar-refractivity contribution in [1.82, 2.24) is 0 Å². The Hall–Kier alpha value is -2.04. The Kier molecular flexibility index (Phi) is 8.69. The zero-order chi connectivity index (χ0) is 22.9. The van der Waals surface area contributed by atoms with E-state index < -0.39 is 0 Å². The lowest BCUT2D eigenvalue weighted by Gasteiger charge is -2.35. The highest BCUT2D eigenvalue weighted by Crippen LogP contribution is 2.41. The molecule has 2 heterocycles. The lowest BCUT2D eigenvalue weighted by molar-refractivity contribution is -0.106. The van der Waals surface area contributed by atoms with Gasteiger partial charge in [0.1, 0.15) is 11.5 Å². The Bertz CT molecular complexity index is 754. The maximum atomic E-state index is 6.08. The monoisotopic (exact) mass is 452 g/mol. The van der Waals surface area contributed by atoms with Crippen LogP contribution in [0.1, 0.15) is 89.2 Å². The third kappa shape index (κ3) is 6.10. The molecule has 0 aromatic heterocycles. The Morgan fingerprint density at radius 1 is 0.727 bits per heavy atom. The summed E-state index contributed by atoms with van der Waals surface area (Å²) in [5.41, 5.74) is 2.68. The van der Waals surface area contributed by atoms with Crippen LogP contribution in [-0.4, -0.2) is 25.8 Å². The van der Waals surface area contributed by atoms with Gasteiger partial charge in [-0.05, 0) is 73.9 Å². The van der Waals surface area contributed by atoms with Crippen LogP contribution in [-0.2, 0) is 14.9 Å². The molecule has 0 bridgehead atoms. The first-order valence-electron chi connectivity index (χ1n) is 13.0. The molecule has 2 aromatic carbocycles. The highest BCUT2D eigenvalue weighted by Gasteiger charge is 2.32. The summed E-state index contributed by atoms with van der Waals surface area (Å²) in [6, 6.07) is 17.4. The second kappa shape index (κ2) is 11.9. The third-order valence-corrected chi connectivity index (χ3v) is 7.19. The van der Waals surface area contributed by atoms with E-state index in [1.54, 1.807) is 0 Å². The molecule has 0 saturated carbocycles. The first-order valence-corrected chi connectivity index (χ1v) is 13.0. The average molecular weight is 453 g/mol. The first-order chi connectivity index (χ1) is 16.2. The van der Waals surface area contributed by atoms with Crippen molar-refractivity contribution in [2.45, 2.75) is 96.1 Å². The molecule has 2 fully saturated rings. The molecule has 2 aromatic rings. The minimum Gasteiger partial charge on any atom is -0.465 e. The molecule has 0 aliphatic carbocycles. The fourth-order valence-corrected chi connectivity index (χ4v) is 5.14. The third-order valence-electron chi connectivity index (χ3n) is 7.19. The number of hydrogen-bond acceptors (Lipinski definition) is 4. The van der Waals surface area contributed by atoms with Crippen molar-refractivity contribution in [1.29, 1.82) is 0 Å². The lowest BCUT2D eigenvalue weighted by atomic mass is 9.69. The second-order valence-corrected chi connectivity index (χ2v) is 9.42. The van der Waals surface area contributed by atoms with Crippen molar-refractivity contribution < 1.29 is 18.9 Å². The molecule has 0 amide bonds. The van der Waals surface area contributed by atoms with Crippen molar-refractivity contribution in [3.05, 3.63) is 59.7 Å². The predicted molar refractivity (Wildman–Crippen MR) is 132 cm³/mol. The van der Waals surface area contributed by atoms with Crippen LogP contribution >= 0.6 is 0 Å². The van der Waals surface area contributed by atoms with Gasteiger partial charge in [-0.1, -0.05) is 51.0 Å². The zero-order valence-corrected chi connectivity index (χ0v) is 20.4. The number of ether oxygens (including phenoxy) is 4. The molecule has 4 nitrogen and oxygen atoms in total. The molecule has 2 aliphatic rings. The average Bonchev–Trinajstić information content (AvgIpc) is 2.88. The minimum atomic E-state index is -0.110. The van der Waals surface area contributed by atoms with E-state index in [0.717, 1.165) is 63.2 Å². The Morgan fingerprint density at radius 3 is 1.58 bits per heavy atom. The van der Waals surface area contributed by atoms with E-state index in [-0.39, 0.29) is 18.0 Å². The molecule has 2 aliphatic heterocycles. The van der Waals surface area contributed by atoms with Gasteiger partial charge in [0.05, 0.1) is 13.2 Å². The highest BCUT2D eigenvalue weighted by molar-refractivity contribution is 5.43. The summed E-state index contributed by atoms with van der Waals surface area (Å²) in [5.74, 6) is 1.78. The zero-order valence-electron chi connectivity index (χ0n) is 20.4. The minimum absolute atomic E-state index is 0.0181. The van der Waals surface area contributed by atoms with E-state index >= 15 is 0 Å². The molecule has 0 N–H and O–H groups in total. The molecular formula is C29H40O4. The van der Waals surface area contributed by atoms with Crippen molar-refractivity contribution in [3.8, 4) is 11.5 Å². The Labute approximate surface area is 199 Å². The van der Waals surface area contributed by atoms with Crippen LogP contribution < -0.4 is 9.47 Å². The van der Waals surface area contributed by atoms with Crippen LogP contribution in [0.4, 0.5) is 0 Å². The number of rotatable bonds is 10. The van der Waals surface area contributed by atoms with Gasteiger partial charge < -0.3 is 18.9 Å². The maximum Gasteiger partial charge on any atom is 0.199 e. The van der Waals surface area contributed by atoms with Gasteiger partial charge in [0.25, 0.3) is 0 Å². The van der Waals surface area contributed by atoms with Gasteiger partial charge in [-0.25, -0.2) is 0 Å². The SMILES string of the molecule is CCCCC(CC)(c1ccc(OC2CCCCO2)cc1)c1ccc(OC2CCCCO2)cc1. The van der Waals surface area contributed by atoms with Gasteiger partial charge in [0.15, 0.2) is 12.6 Å². The molecule has 2 atom stereocenters. The molecule has 0 spiro atoms. The van der Waals surface area contributed by atoms with Crippen LogP contribution in [0.15, 0.2) is 48.5 Å². The van der Waals surface area contributed by atoms with E-state index in [4.69, 9.17) is 18.9 Å². The summed E-state index contributed by atoms with van der Waals surface area (Å²) in [5, 5.41) is 0. The number of benzene rings is 2. The molecule has 4 heteroatoms.